The van der Waals surface area contributed by atoms with E-state index in [0.717, 1.165) is 6.07 Å². The fraction of sp³-hybridized carbons (Fsp3) is 0.400. The van der Waals surface area contributed by atoms with Gasteiger partial charge in [0.25, 0.3) is 0 Å². The molecule has 0 amide bonds. The normalized spacial score (nSPS) is 12.9. The zero-order chi connectivity index (χ0) is 11.6. The van der Waals surface area contributed by atoms with Crippen molar-refractivity contribution in [3.63, 3.8) is 0 Å². The SMILES string of the molecule is CC(CCN)c1cc(F)c(F)c(F)c1O. The minimum Gasteiger partial charge on any atom is -0.505 e. The number of aromatic hydroxyl groups is 1. The molecule has 0 bridgehead atoms. The number of hydrogen-bond acceptors (Lipinski definition) is 2. The summed E-state index contributed by atoms with van der Waals surface area (Å²) in [6.07, 6.45) is 0.456. The zero-order valence-corrected chi connectivity index (χ0v) is 8.23. The van der Waals surface area contributed by atoms with E-state index >= 15 is 0 Å². The van der Waals surface area contributed by atoms with Crippen molar-refractivity contribution < 1.29 is 18.3 Å². The minimum atomic E-state index is -1.66. The smallest absolute Gasteiger partial charge is 0.203 e. The van der Waals surface area contributed by atoms with Gasteiger partial charge in [0.2, 0.25) is 5.82 Å². The van der Waals surface area contributed by atoms with Crippen LogP contribution in [0.4, 0.5) is 13.2 Å². The van der Waals surface area contributed by atoms with Crippen molar-refractivity contribution in [2.45, 2.75) is 19.3 Å². The summed E-state index contributed by atoms with van der Waals surface area (Å²) in [5.41, 5.74) is 5.32. The predicted octanol–water partition coefficient (Wildman–Crippen LogP) is 2.26. The molecule has 3 N–H and O–H groups in total. The fourth-order valence-electron chi connectivity index (χ4n) is 1.38. The van der Waals surface area contributed by atoms with Gasteiger partial charge in [-0.3, -0.25) is 0 Å². The van der Waals surface area contributed by atoms with E-state index in [2.05, 4.69) is 0 Å². The molecule has 0 aliphatic rings. The molecule has 1 aromatic carbocycles. The van der Waals surface area contributed by atoms with Gasteiger partial charge < -0.3 is 10.8 Å². The highest BCUT2D eigenvalue weighted by atomic mass is 19.2. The molecule has 0 aromatic heterocycles. The van der Waals surface area contributed by atoms with Crippen LogP contribution < -0.4 is 5.73 Å². The number of rotatable bonds is 3. The maximum absolute atomic E-state index is 13.0. The Morgan fingerprint density at radius 3 is 2.47 bits per heavy atom. The van der Waals surface area contributed by atoms with Crippen LogP contribution in [0.1, 0.15) is 24.8 Å². The lowest BCUT2D eigenvalue weighted by atomic mass is 9.96. The molecule has 1 unspecified atom stereocenters. The van der Waals surface area contributed by atoms with Crippen LogP contribution in [-0.2, 0) is 0 Å². The Morgan fingerprint density at radius 1 is 1.33 bits per heavy atom. The van der Waals surface area contributed by atoms with Crippen LogP contribution in [0.2, 0.25) is 0 Å². The van der Waals surface area contributed by atoms with Crippen LogP contribution in [0.5, 0.6) is 5.75 Å². The molecule has 84 valence electrons. The summed E-state index contributed by atoms with van der Waals surface area (Å²) in [7, 11) is 0. The van der Waals surface area contributed by atoms with Crippen molar-refractivity contribution in [2.75, 3.05) is 6.54 Å². The number of halogens is 3. The third-order valence-corrected chi connectivity index (χ3v) is 2.30. The Morgan fingerprint density at radius 2 is 1.93 bits per heavy atom. The van der Waals surface area contributed by atoms with Crippen LogP contribution in [0.15, 0.2) is 6.07 Å². The molecule has 0 spiro atoms. The van der Waals surface area contributed by atoms with Gasteiger partial charge in [-0.05, 0) is 24.9 Å². The highest BCUT2D eigenvalue weighted by Crippen LogP contribution is 2.32. The van der Waals surface area contributed by atoms with Crippen LogP contribution in [0.25, 0.3) is 0 Å². The second-order valence-electron chi connectivity index (χ2n) is 3.40. The lowest BCUT2D eigenvalue weighted by molar-refractivity contribution is 0.377. The molecule has 1 aromatic rings. The monoisotopic (exact) mass is 219 g/mol. The number of hydrogen-bond donors (Lipinski definition) is 2. The van der Waals surface area contributed by atoms with Crippen molar-refractivity contribution in [3.05, 3.63) is 29.1 Å². The van der Waals surface area contributed by atoms with Gasteiger partial charge in [0.1, 0.15) is 0 Å². The minimum absolute atomic E-state index is 0.0388. The van der Waals surface area contributed by atoms with Crippen LogP contribution in [0, 0.1) is 17.5 Å². The van der Waals surface area contributed by atoms with Gasteiger partial charge >= 0.3 is 0 Å². The zero-order valence-electron chi connectivity index (χ0n) is 8.23. The van der Waals surface area contributed by atoms with Crippen LogP contribution in [0.3, 0.4) is 0 Å². The first-order valence-electron chi connectivity index (χ1n) is 4.55. The topological polar surface area (TPSA) is 46.2 Å². The summed E-state index contributed by atoms with van der Waals surface area (Å²) < 4.78 is 38.5. The highest BCUT2D eigenvalue weighted by molar-refractivity contribution is 5.37. The van der Waals surface area contributed by atoms with E-state index in [1.54, 1.807) is 6.92 Å². The van der Waals surface area contributed by atoms with E-state index in [0.29, 0.717) is 13.0 Å². The van der Waals surface area contributed by atoms with Crippen molar-refractivity contribution in [2.24, 2.45) is 5.73 Å². The van der Waals surface area contributed by atoms with Gasteiger partial charge in [-0.1, -0.05) is 6.92 Å². The van der Waals surface area contributed by atoms with Gasteiger partial charge in [-0.15, -0.1) is 0 Å². The lowest BCUT2D eigenvalue weighted by Gasteiger charge is -2.13. The van der Waals surface area contributed by atoms with Crippen molar-refractivity contribution in [3.8, 4) is 5.75 Å². The Balaban J connectivity index is 3.19. The molecule has 0 aliphatic carbocycles. The third kappa shape index (κ3) is 2.23. The van der Waals surface area contributed by atoms with Gasteiger partial charge in [-0.2, -0.15) is 4.39 Å². The quantitative estimate of drug-likeness (QED) is 0.766. The highest BCUT2D eigenvalue weighted by Gasteiger charge is 2.20. The van der Waals surface area contributed by atoms with Crippen molar-refractivity contribution in [1.29, 1.82) is 0 Å². The first kappa shape index (κ1) is 11.8. The molecule has 0 radical (unpaired) electrons. The number of phenolic OH excluding ortho intramolecular Hbond substituents is 1. The van der Waals surface area contributed by atoms with Crippen LogP contribution >= 0.6 is 0 Å². The van der Waals surface area contributed by atoms with E-state index in [1.165, 1.54) is 0 Å². The largest absolute Gasteiger partial charge is 0.505 e. The van der Waals surface area contributed by atoms with Crippen molar-refractivity contribution in [1.82, 2.24) is 0 Å². The van der Waals surface area contributed by atoms with E-state index in [9.17, 15) is 18.3 Å². The summed E-state index contributed by atoms with van der Waals surface area (Å²) in [5.74, 6) is -5.66. The first-order chi connectivity index (χ1) is 6.99. The second kappa shape index (κ2) is 4.53. The average molecular weight is 219 g/mol. The Hall–Kier alpha value is -1.23. The molecule has 0 saturated carbocycles. The van der Waals surface area contributed by atoms with E-state index in [-0.39, 0.29) is 11.5 Å². The Bertz CT molecular complexity index is 368. The van der Waals surface area contributed by atoms with E-state index in [1.807, 2.05) is 0 Å². The standard InChI is InChI=1S/C10H12F3NO/c1-5(2-3-14)6-4-7(11)8(12)9(13)10(6)15/h4-5,15H,2-3,14H2,1H3. The molecule has 5 heteroatoms. The Labute approximate surface area is 85.5 Å². The molecule has 0 aliphatic heterocycles. The summed E-state index contributed by atoms with van der Waals surface area (Å²) in [6, 6.07) is 0.800. The molecular formula is C10H12F3NO. The first-order valence-corrected chi connectivity index (χ1v) is 4.55. The summed E-state index contributed by atoms with van der Waals surface area (Å²) in [5, 5.41) is 9.28. The predicted molar refractivity (Wildman–Crippen MR) is 50.1 cm³/mol. The molecule has 1 rings (SSSR count). The third-order valence-electron chi connectivity index (χ3n) is 2.30. The van der Waals surface area contributed by atoms with Gasteiger partial charge in [0.05, 0.1) is 0 Å². The molecule has 0 heterocycles. The maximum atomic E-state index is 13.0. The number of phenols is 1. The lowest BCUT2D eigenvalue weighted by Crippen LogP contribution is -2.06. The van der Waals surface area contributed by atoms with Gasteiger partial charge in [0.15, 0.2) is 17.4 Å². The molecule has 1 atom stereocenters. The Kier molecular flexibility index (Phi) is 3.57. The van der Waals surface area contributed by atoms with Crippen molar-refractivity contribution >= 4 is 0 Å². The van der Waals surface area contributed by atoms with E-state index < -0.39 is 23.2 Å². The summed E-state index contributed by atoms with van der Waals surface area (Å²) in [6.45, 7) is 1.97. The maximum Gasteiger partial charge on any atom is 0.203 e. The molecular weight excluding hydrogens is 207 g/mol. The molecule has 15 heavy (non-hydrogen) atoms. The number of benzene rings is 1. The van der Waals surface area contributed by atoms with Gasteiger partial charge in [-0.25, -0.2) is 8.78 Å². The fourth-order valence-corrected chi connectivity index (χ4v) is 1.38. The molecule has 2 nitrogen and oxygen atoms in total. The molecule has 0 fully saturated rings. The number of nitrogens with two attached hydrogens (primary N) is 1. The van der Waals surface area contributed by atoms with Crippen LogP contribution in [-0.4, -0.2) is 11.7 Å². The van der Waals surface area contributed by atoms with E-state index in [4.69, 9.17) is 5.73 Å². The second-order valence-corrected chi connectivity index (χ2v) is 3.40. The van der Waals surface area contributed by atoms with Gasteiger partial charge in [0, 0.05) is 5.56 Å². The molecule has 0 saturated heterocycles. The summed E-state index contributed by atoms with van der Waals surface area (Å²) >= 11 is 0. The summed E-state index contributed by atoms with van der Waals surface area (Å²) in [4.78, 5) is 0. The average Bonchev–Trinajstić information content (AvgIpc) is 2.20.